The zero-order valence-electron chi connectivity index (χ0n) is 17.9. The van der Waals surface area contributed by atoms with Gasteiger partial charge < -0.3 is 19.1 Å². The van der Waals surface area contributed by atoms with Crippen LogP contribution in [-0.4, -0.2) is 33.2 Å². The maximum atomic E-state index is 13.4. The van der Waals surface area contributed by atoms with Gasteiger partial charge in [0.25, 0.3) is 0 Å². The number of carbonyl (C=O) groups excluding carboxylic acids is 2. The van der Waals surface area contributed by atoms with Gasteiger partial charge in [0, 0.05) is 10.7 Å². The van der Waals surface area contributed by atoms with E-state index in [1.165, 1.54) is 7.11 Å². The maximum Gasteiger partial charge on any atom is 0.337 e. The van der Waals surface area contributed by atoms with Crippen molar-refractivity contribution in [3.8, 4) is 11.5 Å². The van der Waals surface area contributed by atoms with Crippen molar-refractivity contribution in [2.24, 2.45) is 0 Å². The number of carbonyl (C=O) groups is 2. The van der Waals surface area contributed by atoms with Crippen molar-refractivity contribution in [1.82, 2.24) is 0 Å². The van der Waals surface area contributed by atoms with Gasteiger partial charge in [-0.25, -0.2) is 4.79 Å². The minimum Gasteiger partial charge on any atom is -0.493 e. The van der Waals surface area contributed by atoms with E-state index in [-0.39, 0.29) is 12.3 Å². The summed E-state index contributed by atoms with van der Waals surface area (Å²) in [5, 5.41) is 0.609. The number of anilines is 1. The first-order valence-electron chi connectivity index (χ1n) is 9.97. The van der Waals surface area contributed by atoms with Crippen LogP contribution in [0.2, 0.25) is 5.02 Å². The zero-order chi connectivity index (χ0) is 22.8. The van der Waals surface area contributed by atoms with E-state index in [1.807, 2.05) is 24.3 Å². The molecule has 0 aromatic heterocycles. The van der Waals surface area contributed by atoms with Gasteiger partial charge in [-0.05, 0) is 65.2 Å². The first-order valence-corrected chi connectivity index (χ1v) is 10.3. The number of nitrogens with zero attached hydrogens (tertiary/aromatic N) is 1. The van der Waals surface area contributed by atoms with Gasteiger partial charge >= 0.3 is 5.97 Å². The number of esters is 1. The third-order valence-electron chi connectivity index (χ3n) is 5.56. The summed E-state index contributed by atoms with van der Waals surface area (Å²) in [7, 11) is 4.49. The normalized spacial score (nSPS) is 15.2. The third-order valence-corrected chi connectivity index (χ3v) is 5.81. The molecule has 32 heavy (non-hydrogen) atoms. The lowest BCUT2D eigenvalue weighted by Gasteiger charge is -2.38. The van der Waals surface area contributed by atoms with Gasteiger partial charge in [0.1, 0.15) is 0 Å². The van der Waals surface area contributed by atoms with Crippen LogP contribution >= 0.6 is 11.6 Å². The molecule has 0 saturated heterocycles. The van der Waals surface area contributed by atoms with Crippen LogP contribution in [-0.2, 0) is 16.0 Å². The second kappa shape index (κ2) is 8.93. The summed E-state index contributed by atoms with van der Waals surface area (Å²) < 4.78 is 15.7. The molecule has 0 unspecified atom stereocenters. The number of rotatable bonds is 5. The number of fused-ring (bicyclic) bond motifs is 1. The number of halogens is 1. The summed E-state index contributed by atoms with van der Waals surface area (Å²) >= 11 is 6.12. The highest BCUT2D eigenvalue weighted by Gasteiger charge is 2.36. The lowest BCUT2D eigenvalue weighted by atomic mass is 9.86. The molecule has 0 radical (unpaired) electrons. The molecule has 0 N–H and O–H groups in total. The van der Waals surface area contributed by atoms with Gasteiger partial charge in [0.2, 0.25) is 5.91 Å². The highest BCUT2D eigenvalue weighted by Crippen LogP contribution is 2.43. The van der Waals surface area contributed by atoms with Crippen LogP contribution in [0.15, 0.2) is 60.7 Å². The molecule has 0 aliphatic carbocycles. The average Bonchev–Trinajstić information content (AvgIpc) is 2.82. The predicted octanol–water partition coefficient (Wildman–Crippen LogP) is 4.82. The zero-order valence-corrected chi connectivity index (χ0v) is 18.7. The van der Waals surface area contributed by atoms with Gasteiger partial charge in [0.05, 0.1) is 39.4 Å². The SMILES string of the molecule is COC(=O)c1ccc(N2C(=O)Cc3cc(OC)c(OC)cc3[C@H]2c2ccc(Cl)cc2)cc1. The standard InChI is InChI=1S/C25H22ClNO5/c1-30-21-12-17-13-23(28)27(19-10-6-16(7-11-19)25(29)32-3)24(20(17)14-22(21)31-2)15-4-8-18(26)9-5-15/h4-12,14,24H,13H2,1-3H3/t24-/m1/s1. The second-order valence-electron chi connectivity index (χ2n) is 7.34. The minimum absolute atomic E-state index is 0.0736. The first-order chi connectivity index (χ1) is 15.5. The van der Waals surface area contributed by atoms with Gasteiger partial charge in [0.15, 0.2) is 11.5 Å². The van der Waals surface area contributed by atoms with E-state index in [0.29, 0.717) is 27.8 Å². The Bertz CT molecular complexity index is 1160. The molecule has 3 aromatic rings. The molecular weight excluding hydrogens is 430 g/mol. The largest absolute Gasteiger partial charge is 0.493 e. The van der Waals surface area contributed by atoms with Crippen molar-refractivity contribution >= 4 is 29.2 Å². The van der Waals surface area contributed by atoms with Crippen molar-refractivity contribution in [3.05, 3.63) is 87.9 Å². The van der Waals surface area contributed by atoms with Crippen LogP contribution < -0.4 is 14.4 Å². The second-order valence-corrected chi connectivity index (χ2v) is 7.78. The van der Waals surface area contributed by atoms with Crippen molar-refractivity contribution in [2.75, 3.05) is 26.2 Å². The smallest absolute Gasteiger partial charge is 0.337 e. The Kier molecular flexibility index (Phi) is 6.06. The molecule has 1 aliphatic rings. The Morgan fingerprint density at radius 1 is 0.938 bits per heavy atom. The molecule has 1 atom stereocenters. The molecule has 3 aromatic carbocycles. The van der Waals surface area contributed by atoms with Crippen molar-refractivity contribution < 1.29 is 23.8 Å². The fourth-order valence-corrected chi connectivity index (χ4v) is 4.14. The van der Waals surface area contributed by atoms with Crippen LogP contribution in [0.5, 0.6) is 11.5 Å². The Labute approximate surface area is 191 Å². The lowest BCUT2D eigenvalue weighted by molar-refractivity contribution is -0.118. The summed E-state index contributed by atoms with van der Waals surface area (Å²) in [6, 6.07) is 17.6. The molecule has 0 spiro atoms. The van der Waals surface area contributed by atoms with Gasteiger partial charge in [-0.2, -0.15) is 0 Å². The summed E-state index contributed by atoms with van der Waals surface area (Å²) in [4.78, 5) is 26.9. The van der Waals surface area contributed by atoms with Crippen LogP contribution in [0.25, 0.3) is 0 Å². The van der Waals surface area contributed by atoms with E-state index >= 15 is 0 Å². The number of benzene rings is 3. The molecule has 6 nitrogen and oxygen atoms in total. The average molecular weight is 452 g/mol. The molecule has 7 heteroatoms. The summed E-state index contributed by atoms with van der Waals surface area (Å²) in [5.74, 6) is 0.652. The minimum atomic E-state index is -0.432. The summed E-state index contributed by atoms with van der Waals surface area (Å²) in [6.07, 6.45) is 0.207. The van der Waals surface area contributed by atoms with Gasteiger partial charge in [-0.3, -0.25) is 4.79 Å². The molecule has 0 bridgehead atoms. The first kappa shape index (κ1) is 21.7. The molecule has 0 fully saturated rings. The van der Waals surface area contributed by atoms with Crippen LogP contribution in [0.3, 0.4) is 0 Å². The van der Waals surface area contributed by atoms with Crippen LogP contribution in [0, 0.1) is 0 Å². The fraction of sp³-hybridized carbons (Fsp3) is 0.200. The van der Waals surface area contributed by atoms with Crippen molar-refractivity contribution in [3.63, 3.8) is 0 Å². The number of hydrogen-bond acceptors (Lipinski definition) is 5. The number of methoxy groups -OCH3 is 3. The van der Waals surface area contributed by atoms with E-state index in [1.54, 1.807) is 55.5 Å². The van der Waals surface area contributed by atoms with Crippen molar-refractivity contribution in [1.29, 1.82) is 0 Å². The highest BCUT2D eigenvalue weighted by atomic mass is 35.5. The van der Waals surface area contributed by atoms with E-state index in [2.05, 4.69) is 0 Å². The molecule has 4 rings (SSSR count). The van der Waals surface area contributed by atoms with Gasteiger partial charge in [-0.15, -0.1) is 0 Å². The lowest BCUT2D eigenvalue weighted by Crippen LogP contribution is -2.41. The van der Waals surface area contributed by atoms with Crippen LogP contribution in [0.4, 0.5) is 5.69 Å². The Balaban J connectivity index is 1.88. The Morgan fingerprint density at radius 2 is 1.56 bits per heavy atom. The predicted molar refractivity (Wildman–Crippen MR) is 122 cm³/mol. The maximum absolute atomic E-state index is 13.4. The van der Waals surface area contributed by atoms with Crippen LogP contribution in [0.1, 0.15) is 33.1 Å². The van der Waals surface area contributed by atoms with Crippen molar-refractivity contribution in [2.45, 2.75) is 12.5 Å². The van der Waals surface area contributed by atoms with E-state index in [9.17, 15) is 9.59 Å². The van der Waals surface area contributed by atoms with Gasteiger partial charge in [-0.1, -0.05) is 23.7 Å². The molecule has 164 valence electrons. The number of ether oxygens (including phenoxy) is 3. The number of amides is 1. The molecule has 1 heterocycles. The topological polar surface area (TPSA) is 65.1 Å². The Morgan fingerprint density at radius 3 is 2.16 bits per heavy atom. The quantitative estimate of drug-likeness (QED) is 0.520. The third kappa shape index (κ3) is 3.89. The van der Waals surface area contributed by atoms with E-state index in [0.717, 1.165) is 16.7 Å². The Hall–Kier alpha value is -3.51. The molecule has 1 amide bonds. The van der Waals surface area contributed by atoms with E-state index < -0.39 is 12.0 Å². The highest BCUT2D eigenvalue weighted by molar-refractivity contribution is 6.30. The number of hydrogen-bond donors (Lipinski definition) is 0. The molecular formula is C25H22ClNO5. The molecule has 0 saturated carbocycles. The fourth-order valence-electron chi connectivity index (χ4n) is 4.02. The van der Waals surface area contributed by atoms with E-state index in [4.69, 9.17) is 25.8 Å². The molecule has 1 aliphatic heterocycles. The monoisotopic (exact) mass is 451 g/mol. The summed E-state index contributed by atoms with van der Waals surface area (Å²) in [5.41, 5.74) is 3.78. The summed E-state index contributed by atoms with van der Waals surface area (Å²) in [6.45, 7) is 0.